The number of anilines is 1. The molecule has 1 aliphatic heterocycles. The molecule has 34 heavy (non-hydrogen) atoms. The number of aromatic hydroxyl groups is 1. The lowest BCUT2D eigenvalue weighted by molar-refractivity contribution is 0.0747. The summed E-state index contributed by atoms with van der Waals surface area (Å²) in [6, 6.07) is 3.88. The largest absolute Gasteiger partial charge is 0.505 e. The molecule has 2 aromatic heterocycles. The fourth-order valence-electron chi connectivity index (χ4n) is 3.92. The monoisotopic (exact) mass is 511 g/mol. The number of amides is 1. The molecule has 4 rings (SSSR count). The molecule has 0 radical (unpaired) electrons. The Morgan fingerprint density at radius 2 is 1.94 bits per heavy atom. The van der Waals surface area contributed by atoms with Crippen molar-refractivity contribution in [2.24, 2.45) is 0 Å². The Bertz CT molecular complexity index is 1500. The molecule has 0 atom stereocenters. The highest BCUT2D eigenvalue weighted by atomic mass is 35.5. The number of carbonyl (C=O) groups is 1. The smallest absolute Gasteiger partial charge is 0.280 e. The van der Waals surface area contributed by atoms with Crippen LogP contribution >= 0.6 is 11.6 Å². The molecule has 3 heterocycles. The normalized spacial score (nSPS) is 14.2. The molecule has 182 valence electrons. The van der Waals surface area contributed by atoms with Gasteiger partial charge in [-0.25, -0.2) is 17.5 Å². The van der Waals surface area contributed by atoms with E-state index in [0.29, 0.717) is 12.1 Å². The Hall–Kier alpha value is -3.12. The lowest BCUT2D eigenvalue weighted by atomic mass is 10.2. The number of aromatic nitrogens is 3. The molecule has 10 nitrogen and oxygen atoms in total. The topological polar surface area (TPSA) is 118 Å². The first-order valence-corrected chi connectivity index (χ1v) is 12.3. The van der Waals surface area contributed by atoms with E-state index < -0.39 is 38.3 Å². The van der Waals surface area contributed by atoms with Crippen LogP contribution in [0.4, 0.5) is 10.2 Å². The molecule has 0 aliphatic carbocycles. The molecular formula is C21H23ClFN5O5S. The van der Waals surface area contributed by atoms with Crippen molar-refractivity contribution in [2.45, 2.75) is 32.2 Å². The molecule has 3 aromatic rings. The summed E-state index contributed by atoms with van der Waals surface area (Å²) in [7, 11) is -1.02. The van der Waals surface area contributed by atoms with Crippen LogP contribution in [0.25, 0.3) is 10.9 Å². The zero-order valence-electron chi connectivity index (χ0n) is 18.9. The minimum absolute atomic E-state index is 0.0547. The fourth-order valence-corrected chi connectivity index (χ4v) is 5.12. The third-order valence-corrected chi connectivity index (χ3v) is 8.33. The molecule has 0 unspecified atom stereocenters. The summed E-state index contributed by atoms with van der Waals surface area (Å²) in [5, 5.41) is 14.1. The number of hydrogen-bond acceptors (Lipinski definition) is 6. The number of hydrogen-bond donors (Lipinski definition) is 1. The Morgan fingerprint density at radius 1 is 1.26 bits per heavy atom. The number of rotatable bonds is 5. The second-order valence-electron chi connectivity index (χ2n) is 8.40. The summed E-state index contributed by atoms with van der Waals surface area (Å²) in [4.78, 5) is 27.6. The second-order valence-corrected chi connectivity index (χ2v) is 11.3. The SMILES string of the molecule is CC(C)S(=O)(=O)N(C)c1nn(Cc2ccc(F)c(Cl)c2)c(=O)c2c(O)c3n(c12)CCN(C)C3=O. The first-order chi connectivity index (χ1) is 15.9. The van der Waals surface area contributed by atoms with Crippen LogP contribution in [0.5, 0.6) is 5.75 Å². The highest BCUT2D eigenvalue weighted by Crippen LogP contribution is 2.37. The Kier molecular flexibility index (Phi) is 5.85. The molecule has 0 fully saturated rings. The highest BCUT2D eigenvalue weighted by Gasteiger charge is 2.35. The predicted octanol–water partition coefficient (Wildman–Crippen LogP) is 2.00. The van der Waals surface area contributed by atoms with Gasteiger partial charge in [0.15, 0.2) is 17.3 Å². The zero-order valence-corrected chi connectivity index (χ0v) is 20.5. The summed E-state index contributed by atoms with van der Waals surface area (Å²) in [6.45, 7) is 3.36. The first kappa shape index (κ1) is 24.0. The van der Waals surface area contributed by atoms with Crippen LogP contribution in [-0.4, -0.2) is 64.6 Å². The standard InChI is InChI=1S/C21H23ClFN5O5S/c1-11(2)34(32,33)26(4)19-16-15(18(29)17-21(31)25(3)7-8-27(16)17)20(30)28(24-19)10-12-5-6-14(23)13(22)9-12/h5-6,9,11,29H,7-8,10H2,1-4H3. The van der Waals surface area contributed by atoms with E-state index in [2.05, 4.69) is 5.10 Å². The third kappa shape index (κ3) is 3.61. The second kappa shape index (κ2) is 8.27. The van der Waals surface area contributed by atoms with E-state index in [9.17, 15) is 27.5 Å². The molecule has 1 aromatic carbocycles. The maximum absolute atomic E-state index is 13.6. The van der Waals surface area contributed by atoms with Gasteiger partial charge in [-0.3, -0.25) is 13.9 Å². The number of nitrogens with zero attached hydrogens (tertiary/aromatic N) is 5. The lowest BCUT2D eigenvalue weighted by Gasteiger charge is -2.26. The Balaban J connectivity index is 2.05. The maximum Gasteiger partial charge on any atom is 0.280 e. The van der Waals surface area contributed by atoms with Gasteiger partial charge in [0, 0.05) is 27.2 Å². The van der Waals surface area contributed by atoms with E-state index in [-0.39, 0.29) is 40.5 Å². The van der Waals surface area contributed by atoms with E-state index in [4.69, 9.17) is 11.6 Å². The van der Waals surface area contributed by atoms with Gasteiger partial charge in [0.25, 0.3) is 11.5 Å². The number of benzene rings is 1. The molecular weight excluding hydrogens is 489 g/mol. The van der Waals surface area contributed by atoms with E-state index in [1.54, 1.807) is 7.05 Å². The zero-order chi connectivity index (χ0) is 25.1. The van der Waals surface area contributed by atoms with Crippen molar-refractivity contribution < 1.29 is 22.7 Å². The van der Waals surface area contributed by atoms with Crippen LogP contribution in [0.15, 0.2) is 23.0 Å². The van der Waals surface area contributed by atoms with Gasteiger partial charge in [-0.2, -0.15) is 0 Å². The maximum atomic E-state index is 13.6. The molecule has 13 heteroatoms. The van der Waals surface area contributed by atoms with Gasteiger partial charge in [0.2, 0.25) is 10.0 Å². The van der Waals surface area contributed by atoms with Gasteiger partial charge in [-0.1, -0.05) is 17.7 Å². The molecule has 1 N–H and O–H groups in total. The van der Waals surface area contributed by atoms with Crippen LogP contribution in [0.1, 0.15) is 29.9 Å². The number of likely N-dealkylation sites (N-methyl/N-ethyl adjacent to an activating group) is 1. The van der Waals surface area contributed by atoms with E-state index in [0.717, 1.165) is 15.1 Å². The minimum Gasteiger partial charge on any atom is -0.505 e. The molecule has 0 spiro atoms. The van der Waals surface area contributed by atoms with Crippen LogP contribution < -0.4 is 9.86 Å². The van der Waals surface area contributed by atoms with Crippen LogP contribution in [0, 0.1) is 5.82 Å². The molecule has 1 amide bonds. The average Bonchev–Trinajstić information content (AvgIpc) is 3.08. The van der Waals surface area contributed by atoms with Crippen molar-refractivity contribution in [3.8, 4) is 5.75 Å². The van der Waals surface area contributed by atoms with Crippen LogP contribution in [0.3, 0.4) is 0 Å². The van der Waals surface area contributed by atoms with E-state index in [1.165, 1.54) is 42.5 Å². The lowest BCUT2D eigenvalue weighted by Crippen LogP contribution is -2.38. The number of halogens is 2. The minimum atomic E-state index is -3.88. The van der Waals surface area contributed by atoms with Crippen LogP contribution in [-0.2, 0) is 23.1 Å². The predicted molar refractivity (Wildman–Crippen MR) is 126 cm³/mol. The summed E-state index contributed by atoms with van der Waals surface area (Å²) in [5.74, 6) is -1.79. The van der Waals surface area contributed by atoms with Crippen molar-refractivity contribution in [3.63, 3.8) is 0 Å². The van der Waals surface area contributed by atoms with Crippen molar-refractivity contribution in [3.05, 3.63) is 50.7 Å². The summed E-state index contributed by atoms with van der Waals surface area (Å²) >= 11 is 5.86. The number of fused-ring (bicyclic) bond motifs is 3. The highest BCUT2D eigenvalue weighted by molar-refractivity contribution is 7.93. The third-order valence-electron chi connectivity index (χ3n) is 5.91. The number of carbonyl (C=O) groups excluding carboxylic acids is 1. The molecule has 0 bridgehead atoms. The van der Waals surface area contributed by atoms with E-state index >= 15 is 0 Å². The van der Waals surface area contributed by atoms with Gasteiger partial charge in [-0.05, 0) is 31.5 Å². The Labute approximate surface area is 199 Å². The first-order valence-electron chi connectivity index (χ1n) is 10.4. The summed E-state index contributed by atoms with van der Waals surface area (Å²) < 4.78 is 42.9. The van der Waals surface area contributed by atoms with Gasteiger partial charge in [-0.15, -0.1) is 5.10 Å². The van der Waals surface area contributed by atoms with Crippen molar-refractivity contribution >= 4 is 44.3 Å². The molecule has 0 saturated carbocycles. The van der Waals surface area contributed by atoms with Crippen LogP contribution in [0.2, 0.25) is 5.02 Å². The van der Waals surface area contributed by atoms with E-state index in [1.807, 2.05) is 0 Å². The van der Waals surface area contributed by atoms with Gasteiger partial charge < -0.3 is 14.6 Å². The fraction of sp³-hybridized carbons (Fsp3) is 0.381. The summed E-state index contributed by atoms with van der Waals surface area (Å²) in [5.41, 5.74) is -0.356. The number of sulfonamides is 1. The average molecular weight is 512 g/mol. The molecule has 0 saturated heterocycles. The Morgan fingerprint density at radius 3 is 2.56 bits per heavy atom. The quantitative estimate of drug-likeness (QED) is 0.560. The van der Waals surface area contributed by atoms with Gasteiger partial charge in [0.05, 0.1) is 16.8 Å². The van der Waals surface area contributed by atoms with Crippen molar-refractivity contribution in [2.75, 3.05) is 24.9 Å². The van der Waals surface area contributed by atoms with Crippen molar-refractivity contribution in [1.29, 1.82) is 0 Å². The van der Waals surface area contributed by atoms with Gasteiger partial charge in [0.1, 0.15) is 16.7 Å². The molecule has 1 aliphatic rings. The summed E-state index contributed by atoms with van der Waals surface area (Å²) in [6.07, 6.45) is 0. The van der Waals surface area contributed by atoms with Crippen molar-refractivity contribution in [1.82, 2.24) is 19.2 Å². The van der Waals surface area contributed by atoms with Gasteiger partial charge >= 0.3 is 0 Å².